The molecule has 0 aromatic carbocycles. The molecule has 8 nitrogen and oxygen atoms in total. The average Bonchev–Trinajstić information content (AvgIpc) is 3.17. The summed E-state index contributed by atoms with van der Waals surface area (Å²) in [5, 5.41) is 6.07. The van der Waals surface area contributed by atoms with Gasteiger partial charge in [-0.25, -0.2) is 15.0 Å². The number of hydrogen-bond donors (Lipinski definition) is 2. The number of nitrogens with one attached hydrogen (secondary N) is 2. The Morgan fingerprint density at radius 3 is 2.64 bits per heavy atom. The predicted octanol–water partition coefficient (Wildman–Crippen LogP) is 3.52. The minimum atomic E-state index is -4.47. The van der Waals surface area contributed by atoms with Crippen LogP contribution >= 0.6 is 0 Å². The third kappa shape index (κ3) is 5.13. The van der Waals surface area contributed by atoms with Crippen molar-refractivity contribution in [2.75, 3.05) is 29.9 Å². The maximum Gasteiger partial charge on any atom is 0.434 e. The maximum atomic E-state index is 13.4. The van der Waals surface area contributed by atoms with Crippen LogP contribution < -0.4 is 15.5 Å². The number of fused-ring (bicyclic) bond motifs is 1. The van der Waals surface area contributed by atoms with Crippen LogP contribution in [0.4, 0.5) is 24.8 Å². The second-order valence-electron chi connectivity index (χ2n) is 9.16. The fraction of sp³-hybridized carbons (Fsp3) is 0.636. The zero-order chi connectivity index (χ0) is 23.8. The van der Waals surface area contributed by atoms with Crippen LogP contribution in [-0.2, 0) is 17.5 Å². The molecule has 0 saturated carbocycles. The summed E-state index contributed by atoms with van der Waals surface area (Å²) in [5.74, 6) is 1.73. The number of carbonyl (C=O) groups is 1. The molecule has 2 aromatic rings. The molecule has 180 valence electrons. The maximum absolute atomic E-state index is 13.4. The van der Waals surface area contributed by atoms with Gasteiger partial charge >= 0.3 is 6.18 Å². The molecule has 0 spiro atoms. The van der Waals surface area contributed by atoms with Gasteiger partial charge in [-0.05, 0) is 18.8 Å². The van der Waals surface area contributed by atoms with Crippen LogP contribution in [0.25, 0.3) is 0 Å². The van der Waals surface area contributed by atoms with E-state index in [1.165, 1.54) is 6.33 Å². The average molecular weight is 466 g/mol. The van der Waals surface area contributed by atoms with Gasteiger partial charge in [0.1, 0.15) is 23.8 Å². The van der Waals surface area contributed by atoms with Crippen LogP contribution in [0.1, 0.15) is 69.0 Å². The van der Waals surface area contributed by atoms with E-state index in [9.17, 15) is 18.0 Å². The van der Waals surface area contributed by atoms with Gasteiger partial charge in [-0.1, -0.05) is 20.8 Å². The summed E-state index contributed by atoms with van der Waals surface area (Å²) in [4.78, 5) is 26.7. The molecule has 11 heteroatoms. The van der Waals surface area contributed by atoms with Crippen molar-refractivity contribution in [3.63, 3.8) is 0 Å². The van der Waals surface area contributed by atoms with Gasteiger partial charge in [0, 0.05) is 56.3 Å². The van der Waals surface area contributed by atoms with Gasteiger partial charge in [0.2, 0.25) is 5.91 Å². The molecule has 1 fully saturated rings. The Bertz CT molecular complexity index is 996. The highest BCUT2D eigenvalue weighted by Crippen LogP contribution is 2.39. The molecule has 1 amide bonds. The standard InChI is InChI=1S/C22H30F3N7O/c1-13(2)26-6-9-32-11-16(22(23,24)25)29-20(32)15-4-7-31(8-5-15)21-18-14(3)10-17(33)30-19(18)27-12-28-21/h11-15,26H,4-10H2,1-3H3,(H,27,28,30,33)/t14-/m1/s1. The first-order chi connectivity index (χ1) is 15.6. The number of aromatic nitrogens is 4. The van der Waals surface area contributed by atoms with Crippen molar-refractivity contribution in [1.82, 2.24) is 24.8 Å². The highest BCUT2D eigenvalue weighted by Gasteiger charge is 2.37. The first kappa shape index (κ1) is 23.5. The highest BCUT2D eigenvalue weighted by molar-refractivity contribution is 5.94. The van der Waals surface area contributed by atoms with Crippen molar-refractivity contribution in [2.45, 2.75) is 70.6 Å². The van der Waals surface area contributed by atoms with Crippen LogP contribution in [0.2, 0.25) is 0 Å². The number of hydrogen-bond acceptors (Lipinski definition) is 6. The van der Waals surface area contributed by atoms with Gasteiger partial charge in [-0.2, -0.15) is 13.2 Å². The van der Waals surface area contributed by atoms with Crippen molar-refractivity contribution in [2.24, 2.45) is 0 Å². The third-order valence-electron chi connectivity index (χ3n) is 6.27. The highest BCUT2D eigenvalue weighted by atomic mass is 19.4. The first-order valence-corrected chi connectivity index (χ1v) is 11.4. The summed E-state index contributed by atoms with van der Waals surface area (Å²) in [6.07, 6.45) is -0.160. The molecule has 4 rings (SSSR count). The molecule has 2 N–H and O–H groups in total. The summed E-state index contributed by atoms with van der Waals surface area (Å²) in [6, 6.07) is 0.258. The Morgan fingerprint density at radius 2 is 1.97 bits per heavy atom. The van der Waals surface area contributed by atoms with E-state index in [2.05, 4.69) is 30.5 Å². The molecule has 0 unspecified atom stereocenters. The quantitative estimate of drug-likeness (QED) is 0.679. The number of anilines is 2. The number of carbonyl (C=O) groups excluding carboxylic acids is 1. The van der Waals surface area contributed by atoms with E-state index in [4.69, 9.17) is 0 Å². The molecule has 2 aromatic heterocycles. The Labute approximate surface area is 191 Å². The van der Waals surface area contributed by atoms with E-state index in [1.54, 1.807) is 4.57 Å². The second kappa shape index (κ2) is 9.28. The fourth-order valence-corrected chi connectivity index (χ4v) is 4.65. The number of alkyl halides is 3. The predicted molar refractivity (Wildman–Crippen MR) is 118 cm³/mol. The SMILES string of the molecule is CC(C)NCCn1cc(C(F)(F)F)nc1C1CCN(c2ncnc3c2[C@H](C)CC(=O)N3)CC1. The summed E-state index contributed by atoms with van der Waals surface area (Å²) >= 11 is 0. The number of imidazole rings is 1. The van der Waals surface area contributed by atoms with Crippen LogP contribution in [0.5, 0.6) is 0 Å². The molecular formula is C22H30F3N7O. The van der Waals surface area contributed by atoms with Gasteiger partial charge in [0.25, 0.3) is 0 Å². The minimum Gasteiger partial charge on any atom is -0.356 e. The van der Waals surface area contributed by atoms with Crippen molar-refractivity contribution in [3.8, 4) is 0 Å². The van der Waals surface area contributed by atoms with E-state index >= 15 is 0 Å². The summed E-state index contributed by atoms with van der Waals surface area (Å²) in [6.45, 7) is 8.30. The number of halogens is 3. The number of nitrogens with zero attached hydrogens (tertiary/aromatic N) is 5. The van der Waals surface area contributed by atoms with Crippen molar-refractivity contribution < 1.29 is 18.0 Å². The second-order valence-corrected chi connectivity index (χ2v) is 9.16. The Kier molecular flexibility index (Phi) is 6.60. The molecule has 4 heterocycles. The Balaban J connectivity index is 1.51. The topological polar surface area (TPSA) is 88.0 Å². The monoisotopic (exact) mass is 465 g/mol. The lowest BCUT2D eigenvalue weighted by atomic mass is 9.92. The lowest BCUT2D eigenvalue weighted by Gasteiger charge is -2.35. The van der Waals surface area contributed by atoms with E-state index in [0.29, 0.717) is 57.1 Å². The summed E-state index contributed by atoms with van der Waals surface area (Å²) < 4.78 is 41.7. The minimum absolute atomic E-state index is 0.00405. The van der Waals surface area contributed by atoms with Crippen LogP contribution in [-0.4, -0.2) is 51.1 Å². The fourth-order valence-electron chi connectivity index (χ4n) is 4.65. The summed E-state index contributed by atoms with van der Waals surface area (Å²) in [7, 11) is 0. The zero-order valence-electron chi connectivity index (χ0n) is 19.1. The molecule has 0 radical (unpaired) electrons. The molecule has 33 heavy (non-hydrogen) atoms. The van der Waals surface area contributed by atoms with Gasteiger partial charge in [0.05, 0.1) is 0 Å². The van der Waals surface area contributed by atoms with E-state index in [-0.39, 0.29) is 23.8 Å². The van der Waals surface area contributed by atoms with Crippen molar-refractivity contribution in [3.05, 3.63) is 29.6 Å². The Morgan fingerprint density at radius 1 is 1.24 bits per heavy atom. The Hall–Kier alpha value is -2.69. The van der Waals surface area contributed by atoms with Crippen LogP contribution in [0, 0.1) is 0 Å². The van der Waals surface area contributed by atoms with E-state index in [0.717, 1.165) is 17.6 Å². The van der Waals surface area contributed by atoms with Crippen LogP contribution in [0.3, 0.4) is 0 Å². The molecule has 2 aliphatic rings. The third-order valence-corrected chi connectivity index (χ3v) is 6.27. The molecule has 0 aliphatic carbocycles. The largest absolute Gasteiger partial charge is 0.434 e. The molecule has 1 saturated heterocycles. The molecule has 2 aliphatic heterocycles. The normalized spacial score (nSPS) is 19.7. The number of amides is 1. The first-order valence-electron chi connectivity index (χ1n) is 11.4. The van der Waals surface area contributed by atoms with Crippen LogP contribution in [0.15, 0.2) is 12.5 Å². The lowest BCUT2D eigenvalue weighted by molar-refractivity contribution is -0.141. The van der Waals surface area contributed by atoms with E-state index < -0.39 is 11.9 Å². The molecular weight excluding hydrogens is 435 g/mol. The molecule has 1 atom stereocenters. The lowest BCUT2D eigenvalue weighted by Crippen LogP contribution is -2.36. The molecule has 0 bridgehead atoms. The number of rotatable bonds is 6. The van der Waals surface area contributed by atoms with Gasteiger partial charge in [0.15, 0.2) is 5.69 Å². The van der Waals surface area contributed by atoms with Crippen molar-refractivity contribution in [1.29, 1.82) is 0 Å². The van der Waals surface area contributed by atoms with Gasteiger partial charge < -0.3 is 20.1 Å². The van der Waals surface area contributed by atoms with Gasteiger partial charge in [-0.3, -0.25) is 4.79 Å². The van der Waals surface area contributed by atoms with Crippen molar-refractivity contribution >= 4 is 17.5 Å². The summed E-state index contributed by atoms with van der Waals surface area (Å²) in [5.41, 5.74) is 0.0927. The smallest absolute Gasteiger partial charge is 0.356 e. The van der Waals surface area contributed by atoms with Gasteiger partial charge in [-0.15, -0.1) is 0 Å². The van der Waals surface area contributed by atoms with E-state index in [1.807, 2.05) is 20.8 Å². The zero-order valence-corrected chi connectivity index (χ0v) is 19.1. The number of piperidine rings is 1.